The highest BCUT2D eigenvalue weighted by atomic mass is 16.2. The molecule has 0 saturated carbocycles. The third-order valence-electron chi connectivity index (χ3n) is 4.18. The van der Waals surface area contributed by atoms with Gasteiger partial charge in [0.1, 0.15) is 0 Å². The summed E-state index contributed by atoms with van der Waals surface area (Å²) < 4.78 is 0. The van der Waals surface area contributed by atoms with Crippen LogP contribution in [0.2, 0.25) is 0 Å². The molecule has 22 heavy (non-hydrogen) atoms. The lowest BCUT2D eigenvalue weighted by molar-refractivity contribution is 0.0666. The minimum absolute atomic E-state index is 0.0104. The maximum Gasteiger partial charge on any atom is 0.278 e. The SMILES string of the molecule is CNCC1CCCN(C(=O)c2n[nH]c3ccccc3c2=O)C1. The van der Waals surface area contributed by atoms with Gasteiger partial charge in [-0.3, -0.25) is 14.7 Å². The number of carbonyl (C=O) groups is 1. The molecule has 1 amide bonds. The van der Waals surface area contributed by atoms with Crippen molar-refractivity contribution in [2.24, 2.45) is 5.92 Å². The number of para-hydroxylation sites is 1. The monoisotopic (exact) mass is 300 g/mol. The molecule has 2 N–H and O–H groups in total. The molecule has 116 valence electrons. The van der Waals surface area contributed by atoms with Crippen LogP contribution in [0.4, 0.5) is 0 Å². The molecule has 1 aliphatic rings. The van der Waals surface area contributed by atoms with Crippen molar-refractivity contribution in [2.75, 3.05) is 26.7 Å². The summed E-state index contributed by atoms with van der Waals surface area (Å²) in [6.45, 7) is 2.24. The van der Waals surface area contributed by atoms with E-state index in [-0.39, 0.29) is 17.0 Å². The number of H-pyrrole nitrogens is 1. The number of carbonyl (C=O) groups excluding carboxylic acids is 1. The van der Waals surface area contributed by atoms with Crippen molar-refractivity contribution in [3.8, 4) is 0 Å². The summed E-state index contributed by atoms with van der Waals surface area (Å²) >= 11 is 0. The van der Waals surface area contributed by atoms with E-state index in [2.05, 4.69) is 15.5 Å². The van der Waals surface area contributed by atoms with Gasteiger partial charge in [-0.2, -0.15) is 5.10 Å². The second-order valence-electron chi connectivity index (χ2n) is 5.76. The van der Waals surface area contributed by atoms with E-state index in [1.807, 2.05) is 13.1 Å². The van der Waals surface area contributed by atoms with Gasteiger partial charge in [-0.25, -0.2) is 0 Å². The Labute approximate surface area is 128 Å². The number of hydrogen-bond acceptors (Lipinski definition) is 4. The van der Waals surface area contributed by atoms with E-state index in [1.54, 1.807) is 23.1 Å². The number of hydrogen-bond donors (Lipinski definition) is 2. The summed E-state index contributed by atoms with van der Waals surface area (Å²) in [6, 6.07) is 7.11. The van der Waals surface area contributed by atoms with Crippen LogP contribution in [0.15, 0.2) is 29.1 Å². The average molecular weight is 300 g/mol. The van der Waals surface area contributed by atoms with Crippen molar-refractivity contribution in [3.05, 3.63) is 40.2 Å². The molecule has 0 aliphatic carbocycles. The number of rotatable bonds is 3. The highest BCUT2D eigenvalue weighted by molar-refractivity contribution is 5.95. The Morgan fingerprint density at radius 2 is 2.27 bits per heavy atom. The minimum Gasteiger partial charge on any atom is -0.337 e. The van der Waals surface area contributed by atoms with Crippen molar-refractivity contribution in [2.45, 2.75) is 12.8 Å². The van der Waals surface area contributed by atoms with Crippen LogP contribution in [0.25, 0.3) is 10.9 Å². The number of piperidine rings is 1. The van der Waals surface area contributed by atoms with Crippen LogP contribution in [0.1, 0.15) is 23.3 Å². The predicted molar refractivity (Wildman–Crippen MR) is 84.9 cm³/mol. The highest BCUT2D eigenvalue weighted by Crippen LogP contribution is 2.17. The van der Waals surface area contributed by atoms with Gasteiger partial charge in [-0.15, -0.1) is 0 Å². The van der Waals surface area contributed by atoms with Crippen molar-refractivity contribution in [3.63, 3.8) is 0 Å². The summed E-state index contributed by atoms with van der Waals surface area (Å²) in [5, 5.41) is 10.5. The first kappa shape index (κ1) is 14.7. The number of amides is 1. The maximum absolute atomic E-state index is 12.6. The predicted octanol–water partition coefficient (Wildman–Crippen LogP) is 0.995. The third-order valence-corrected chi connectivity index (χ3v) is 4.18. The fraction of sp³-hybridized carbons (Fsp3) is 0.438. The second-order valence-corrected chi connectivity index (χ2v) is 5.76. The van der Waals surface area contributed by atoms with Gasteiger partial charge < -0.3 is 10.2 Å². The molecule has 0 radical (unpaired) electrons. The van der Waals surface area contributed by atoms with E-state index in [4.69, 9.17) is 0 Å². The molecule has 6 heteroatoms. The second kappa shape index (κ2) is 6.27. The zero-order chi connectivity index (χ0) is 15.5. The van der Waals surface area contributed by atoms with E-state index >= 15 is 0 Å². The highest BCUT2D eigenvalue weighted by Gasteiger charge is 2.27. The zero-order valence-electron chi connectivity index (χ0n) is 12.6. The van der Waals surface area contributed by atoms with Crippen molar-refractivity contribution in [1.29, 1.82) is 0 Å². The molecule has 2 heterocycles. The molecule has 2 aromatic rings. The third kappa shape index (κ3) is 2.74. The molecule has 3 rings (SSSR count). The molecule has 1 saturated heterocycles. The number of fused-ring (bicyclic) bond motifs is 1. The van der Waals surface area contributed by atoms with E-state index < -0.39 is 0 Å². The standard InChI is InChI=1S/C16H20N4O2/c1-17-9-11-5-4-8-20(10-11)16(22)14-15(21)12-6-2-3-7-13(12)18-19-14/h2-3,6-7,11,17H,4-5,8-10H2,1H3,(H,18,21). The number of benzene rings is 1. The molecular weight excluding hydrogens is 280 g/mol. The van der Waals surface area contributed by atoms with Gasteiger partial charge in [-0.05, 0) is 44.5 Å². The maximum atomic E-state index is 12.6. The normalized spacial score (nSPS) is 18.6. The lowest BCUT2D eigenvalue weighted by Crippen LogP contribution is -2.44. The van der Waals surface area contributed by atoms with Crippen molar-refractivity contribution in [1.82, 2.24) is 20.4 Å². The summed E-state index contributed by atoms with van der Waals surface area (Å²) in [5.41, 5.74) is 0.342. The molecule has 0 bridgehead atoms. The molecule has 1 atom stereocenters. The van der Waals surface area contributed by atoms with E-state index in [1.165, 1.54) is 0 Å². The number of nitrogens with zero attached hydrogens (tertiary/aromatic N) is 2. The summed E-state index contributed by atoms with van der Waals surface area (Å²) in [7, 11) is 1.91. The van der Waals surface area contributed by atoms with Gasteiger partial charge in [0.2, 0.25) is 5.43 Å². The van der Waals surface area contributed by atoms with Crippen LogP contribution < -0.4 is 10.7 Å². The van der Waals surface area contributed by atoms with Crippen LogP contribution in [-0.4, -0.2) is 47.7 Å². The van der Waals surface area contributed by atoms with Gasteiger partial charge in [0, 0.05) is 18.5 Å². The smallest absolute Gasteiger partial charge is 0.278 e. The number of aromatic amines is 1. The Hall–Kier alpha value is -2.21. The summed E-state index contributed by atoms with van der Waals surface area (Å²) in [4.78, 5) is 26.9. The Balaban J connectivity index is 1.89. The summed E-state index contributed by atoms with van der Waals surface area (Å²) in [5.74, 6) is 0.162. The lowest BCUT2D eigenvalue weighted by atomic mass is 9.97. The Morgan fingerprint density at radius 1 is 1.45 bits per heavy atom. The van der Waals surface area contributed by atoms with Crippen molar-refractivity contribution >= 4 is 16.8 Å². The van der Waals surface area contributed by atoms with E-state index in [0.717, 1.165) is 19.4 Å². The lowest BCUT2D eigenvalue weighted by Gasteiger charge is -2.32. The van der Waals surface area contributed by atoms with Gasteiger partial charge in [0.25, 0.3) is 5.91 Å². The fourth-order valence-corrected chi connectivity index (χ4v) is 3.07. The quantitative estimate of drug-likeness (QED) is 0.886. The minimum atomic E-state index is -0.296. The first-order valence-corrected chi connectivity index (χ1v) is 7.62. The molecule has 1 fully saturated rings. The van der Waals surface area contributed by atoms with Crippen LogP contribution in [0, 0.1) is 5.92 Å². The Bertz CT molecular complexity index is 738. The first-order valence-electron chi connectivity index (χ1n) is 7.62. The van der Waals surface area contributed by atoms with Gasteiger partial charge in [-0.1, -0.05) is 12.1 Å². The molecule has 1 aliphatic heterocycles. The fourth-order valence-electron chi connectivity index (χ4n) is 3.07. The number of nitrogens with one attached hydrogen (secondary N) is 2. The molecule has 0 spiro atoms. The zero-order valence-corrected chi connectivity index (χ0v) is 12.6. The molecule has 6 nitrogen and oxygen atoms in total. The van der Waals surface area contributed by atoms with Gasteiger partial charge in [0.05, 0.1) is 5.52 Å². The van der Waals surface area contributed by atoms with Crippen LogP contribution >= 0.6 is 0 Å². The van der Waals surface area contributed by atoms with Crippen LogP contribution in [0.3, 0.4) is 0 Å². The van der Waals surface area contributed by atoms with Crippen LogP contribution in [0.5, 0.6) is 0 Å². The molecule has 1 unspecified atom stereocenters. The molecular formula is C16H20N4O2. The average Bonchev–Trinajstić information content (AvgIpc) is 2.55. The largest absolute Gasteiger partial charge is 0.337 e. The van der Waals surface area contributed by atoms with Gasteiger partial charge >= 0.3 is 0 Å². The molecule has 1 aromatic carbocycles. The van der Waals surface area contributed by atoms with Crippen molar-refractivity contribution < 1.29 is 4.79 Å². The Morgan fingerprint density at radius 3 is 3.09 bits per heavy atom. The van der Waals surface area contributed by atoms with Crippen LogP contribution in [-0.2, 0) is 0 Å². The first-order chi connectivity index (χ1) is 10.7. The van der Waals surface area contributed by atoms with E-state index in [0.29, 0.717) is 29.9 Å². The number of aromatic nitrogens is 2. The molecule has 1 aromatic heterocycles. The van der Waals surface area contributed by atoms with Gasteiger partial charge in [0.15, 0.2) is 5.69 Å². The Kier molecular flexibility index (Phi) is 4.20. The van der Waals surface area contributed by atoms with E-state index in [9.17, 15) is 9.59 Å². The number of likely N-dealkylation sites (tertiary alicyclic amines) is 1. The topological polar surface area (TPSA) is 78.1 Å². The summed E-state index contributed by atoms with van der Waals surface area (Å²) in [6.07, 6.45) is 2.07.